The van der Waals surface area contributed by atoms with E-state index in [2.05, 4.69) is 53.6 Å². The van der Waals surface area contributed by atoms with Gasteiger partial charge >= 0.3 is 0 Å². The van der Waals surface area contributed by atoms with E-state index in [-0.39, 0.29) is 5.75 Å². The van der Waals surface area contributed by atoms with Crippen LogP contribution in [0.5, 0.6) is 5.75 Å². The van der Waals surface area contributed by atoms with E-state index in [9.17, 15) is 5.11 Å². The first kappa shape index (κ1) is 12.1. The summed E-state index contributed by atoms with van der Waals surface area (Å²) in [7, 11) is 2.05. The molecule has 0 unspecified atom stereocenters. The Morgan fingerprint density at radius 3 is 2.81 bits per heavy atom. The van der Waals surface area contributed by atoms with Gasteiger partial charge in [0.1, 0.15) is 5.75 Å². The summed E-state index contributed by atoms with van der Waals surface area (Å²) in [5.74, 6) is 0.287. The maximum absolute atomic E-state index is 9.66. The summed E-state index contributed by atoms with van der Waals surface area (Å²) >= 11 is 0. The van der Waals surface area contributed by atoms with Gasteiger partial charge in [0.25, 0.3) is 0 Å². The summed E-state index contributed by atoms with van der Waals surface area (Å²) in [4.78, 5) is 2.19. The smallest absolute Gasteiger partial charge is 0.116 e. The molecular formula is C18H16N2O. The van der Waals surface area contributed by atoms with Crippen molar-refractivity contribution in [2.45, 2.75) is 6.54 Å². The zero-order valence-electron chi connectivity index (χ0n) is 11.9. The van der Waals surface area contributed by atoms with Crippen LogP contribution >= 0.6 is 0 Å². The van der Waals surface area contributed by atoms with Crippen LogP contribution in [0, 0.1) is 0 Å². The van der Waals surface area contributed by atoms with E-state index in [1.807, 2.05) is 6.07 Å². The van der Waals surface area contributed by atoms with E-state index in [4.69, 9.17) is 0 Å². The molecule has 0 saturated carbocycles. The van der Waals surface area contributed by atoms with Crippen molar-refractivity contribution in [2.24, 2.45) is 7.05 Å². The standard InChI is InChI=1S/C18H16N2O/c1-12-17-10-16(21)6-4-14(17)11-20(12)15-5-3-13-7-8-19(2)18(13)9-15/h3-10,21H,1,11H2,2H3. The lowest BCUT2D eigenvalue weighted by atomic mass is 10.1. The molecule has 0 atom stereocenters. The predicted octanol–water partition coefficient (Wildman–Crippen LogP) is 3.87. The van der Waals surface area contributed by atoms with Crippen molar-refractivity contribution < 1.29 is 5.11 Å². The number of phenols is 1. The Balaban J connectivity index is 1.80. The van der Waals surface area contributed by atoms with Gasteiger partial charge in [0.2, 0.25) is 0 Å². The van der Waals surface area contributed by atoms with Gasteiger partial charge in [0, 0.05) is 42.3 Å². The molecule has 21 heavy (non-hydrogen) atoms. The van der Waals surface area contributed by atoms with E-state index in [1.54, 1.807) is 12.1 Å². The van der Waals surface area contributed by atoms with Crippen LogP contribution in [0.4, 0.5) is 5.69 Å². The van der Waals surface area contributed by atoms with Crippen LogP contribution < -0.4 is 4.90 Å². The molecule has 4 rings (SSSR count). The van der Waals surface area contributed by atoms with E-state index >= 15 is 0 Å². The highest BCUT2D eigenvalue weighted by atomic mass is 16.3. The average molecular weight is 276 g/mol. The van der Waals surface area contributed by atoms with E-state index < -0.39 is 0 Å². The molecule has 1 aliphatic rings. The average Bonchev–Trinajstić information content (AvgIpc) is 3.01. The number of aryl methyl sites for hydroxylation is 1. The van der Waals surface area contributed by atoms with Gasteiger partial charge in [-0.1, -0.05) is 18.7 Å². The van der Waals surface area contributed by atoms with Crippen molar-refractivity contribution >= 4 is 22.3 Å². The normalized spacial score (nSPS) is 14.0. The lowest BCUT2D eigenvalue weighted by Gasteiger charge is -2.20. The highest BCUT2D eigenvalue weighted by Crippen LogP contribution is 2.38. The second-order valence-corrected chi connectivity index (χ2v) is 5.54. The number of hydrogen-bond donors (Lipinski definition) is 1. The minimum atomic E-state index is 0.287. The lowest BCUT2D eigenvalue weighted by molar-refractivity contribution is 0.475. The second kappa shape index (κ2) is 4.16. The maximum Gasteiger partial charge on any atom is 0.116 e. The van der Waals surface area contributed by atoms with Crippen LogP contribution in [-0.4, -0.2) is 9.67 Å². The van der Waals surface area contributed by atoms with Crippen LogP contribution in [0.15, 0.2) is 55.2 Å². The summed E-state index contributed by atoms with van der Waals surface area (Å²) < 4.78 is 2.12. The molecule has 3 aromatic rings. The summed E-state index contributed by atoms with van der Waals surface area (Å²) in [6, 6.07) is 14.1. The topological polar surface area (TPSA) is 28.4 Å². The molecule has 1 aromatic heterocycles. The van der Waals surface area contributed by atoms with Crippen molar-refractivity contribution in [3.63, 3.8) is 0 Å². The van der Waals surface area contributed by atoms with E-state index in [1.165, 1.54) is 16.5 Å². The van der Waals surface area contributed by atoms with Crippen LogP contribution in [0.2, 0.25) is 0 Å². The molecule has 0 spiro atoms. The predicted molar refractivity (Wildman–Crippen MR) is 86.2 cm³/mol. The summed E-state index contributed by atoms with van der Waals surface area (Å²) in [5, 5.41) is 10.9. The highest BCUT2D eigenvalue weighted by molar-refractivity contribution is 5.89. The number of aromatic hydroxyl groups is 1. The van der Waals surface area contributed by atoms with E-state index in [0.29, 0.717) is 0 Å². The van der Waals surface area contributed by atoms with Crippen LogP contribution in [0.25, 0.3) is 16.6 Å². The Labute approximate surface area is 123 Å². The Kier molecular flexibility index (Phi) is 2.39. The van der Waals surface area contributed by atoms with Crippen LogP contribution in [0.1, 0.15) is 11.1 Å². The number of nitrogens with zero attached hydrogens (tertiary/aromatic N) is 2. The third-order valence-corrected chi connectivity index (χ3v) is 4.24. The Morgan fingerprint density at radius 2 is 1.95 bits per heavy atom. The number of rotatable bonds is 1. The molecule has 0 amide bonds. The number of anilines is 1. The molecule has 2 heterocycles. The Morgan fingerprint density at radius 1 is 1.10 bits per heavy atom. The number of fused-ring (bicyclic) bond motifs is 2. The van der Waals surface area contributed by atoms with Crippen molar-refractivity contribution in [2.75, 3.05) is 4.90 Å². The molecule has 0 fully saturated rings. The van der Waals surface area contributed by atoms with Gasteiger partial charge in [-0.3, -0.25) is 0 Å². The third-order valence-electron chi connectivity index (χ3n) is 4.24. The number of phenolic OH excluding ortho intramolecular Hbond substituents is 1. The number of benzene rings is 2. The fourth-order valence-corrected chi connectivity index (χ4v) is 3.05. The molecule has 1 N–H and O–H groups in total. The van der Waals surface area contributed by atoms with Gasteiger partial charge in [-0.15, -0.1) is 0 Å². The van der Waals surface area contributed by atoms with Crippen LogP contribution in [-0.2, 0) is 13.6 Å². The molecule has 3 heteroatoms. The monoisotopic (exact) mass is 276 g/mol. The molecule has 3 nitrogen and oxygen atoms in total. The zero-order chi connectivity index (χ0) is 14.6. The molecule has 0 bridgehead atoms. The van der Waals surface area contributed by atoms with Crippen molar-refractivity contribution in [1.82, 2.24) is 4.57 Å². The molecule has 0 radical (unpaired) electrons. The van der Waals surface area contributed by atoms with E-state index in [0.717, 1.165) is 23.5 Å². The summed E-state index contributed by atoms with van der Waals surface area (Å²) in [6.45, 7) is 4.99. The minimum absolute atomic E-state index is 0.287. The largest absolute Gasteiger partial charge is 0.508 e. The van der Waals surface area contributed by atoms with Gasteiger partial charge < -0.3 is 14.6 Å². The van der Waals surface area contributed by atoms with Crippen molar-refractivity contribution in [1.29, 1.82) is 0 Å². The lowest BCUT2D eigenvalue weighted by Crippen LogP contribution is -2.12. The first-order valence-electron chi connectivity index (χ1n) is 6.97. The van der Waals surface area contributed by atoms with Crippen molar-refractivity contribution in [3.8, 4) is 5.75 Å². The summed E-state index contributed by atoms with van der Waals surface area (Å²) in [5.41, 5.74) is 5.50. The van der Waals surface area contributed by atoms with Crippen molar-refractivity contribution in [3.05, 3.63) is 66.4 Å². The number of aromatic nitrogens is 1. The van der Waals surface area contributed by atoms with Gasteiger partial charge in [0.05, 0.1) is 0 Å². The molecule has 0 aliphatic carbocycles. The van der Waals surface area contributed by atoms with Gasteiger partial charge in [0.15, 0.2) is 0 Å². The number of hydrogen-bond acceptors (Lipinski definition) is 2. The second-order valence-electron chi connectivity index (χ2n) is 5.54. The first-order valence-corrected chi connectivity index (χ1v) is 6.97. The molecular weight excluding hydrogens is 260 g/mol. The molecule has 1 aliphatic heterocycles. The van der Waals surface area contributed by atoms with Gasteiger partial charge in [-0.2, -0.15) is 0 Å². The fraction of sp³-hybridized carbons (Fsp3) is 0.111. The van der Waals surface area contributed by atoms with Gasteiger partial charge in [-0.25, -0.2) is 0 Å². The summed E-state index contributed by atoms with van der Waals surface area (Å²) in [6.07, 6.45) is 2.07. The molecule has 104 valence electrons. The Bertz CT molecular complexity index is 876. The quantitative estimate of drug-likeness (QED) is 0.730. The zero-order valence-corrected chi connectivity index (χ0v) is 11.9. The third kappa shape index (κ3) is 1.74. The first-order chi connectivity index (χ1) is 10.1. The molecule has 2 aromatic carbocycles. The SMILES string of the molecule is C=C1c2cc(O)ccc2CN1c1ccc2ccn(C)c2c1. The Hall–Kier alpha value is -2.68. The molecule has 0 saturated heterocycles. The van der Waals surface area contributed by atoms with Crippen LogP contribution in [0.3, 0.4) is 0 Å². The fourth-order valence-electron chi connectivity index (χ4n) is 3.05. The minimum Gasteiger partial charge on any atom is -0.508 e. The highest BCUT2D eigenvalue weighted by Gasteiger charge is 2.24. The van der Waals surface area contributed by atoms with Gasteiger partial charge in [-0.05, 0) is 41.3 Å². The maximum atomic E-state index is 9.66.